The number of hydrogen-bond acceptors (Lipinski definition) is 2. The zero-order chi connectivity index (χ0) is 26.6. The van der Waals surface area contributed by atoms with Crippen molar-refractivity contribution >= 4 is 11.8 Å². The molecule has 206 valence electrons. The van der Waals surface area contributed by atoms with Crippen LogP contribution in [-0.2, 0) is 16.0 Å². The fourth-order valence-corrected chi connectivity index (χ4v) is 4.96. The Kier molecular flexibility index (Phi) is 18.1. The van der Waals surface area contributed by atoms with Gasteiger partial charge in [-0.15, -0.1) is 0 Å². The van der Waals surface area contributed by atoms with E-state index in [4.69, 9.17) is 0 Å². The minimum atomic E-state index is 0.191. The van der Waals surface area contributed by atoms with E-state index in [9.17, 15) is 9.59 Å². The lowest BCUT2D eigenvalue weighted by Crippen LogP contribution is -2.28. The van der Waals surface area contributed by atoms with Gasteiger partial charge in [-0.3, -0.25) is 9.59 Å². The summed E-state index contributed by atoms with van der Waals surface area (Å²) < 4.78 is 0. The molecule has 1 heterocycles. The van der Waals surface area contributed by atoms with Crippen LogP contribution in [0.15, 0.2) is 24.3 Å². The molecule has 0 bridgehead atoms. The molecule has 2 rings (SSSR count). The molecule has 1 saturated heterocycles. The maximum atomic E-state index is 12.0. The number of unbranched alkanes of at least 4 members (excludes halogenated alkanes) is 9. The van der Waals surface area contributed by atoms with Gasteiger partial charge in [0.2, 0.25) is 11.8 Å². The summed E-state index contributed by atoms with van der Waals surface area (Å²) in [5.74, 6) is 1.45. The molecule has 2 amide bonds. The molecule has 0 radical (unpaired) electrons. The number of aryl methyl sites for hydroxylation is 1. The quantitative estimate of drug-likeness (QED) is 0.200. The van der Waals surface area contributed by atoms with Crippen molar-refractivity contribution < 1.29 is 9.59 Å². The highest BCUT2D eigenvalue weighted by atomic mass is 16.2. The molecule has 4 heteroatoms. The van der Waals surface area contributed by atoms with Crippen LogP contribution in [0, 0.1) is 5.92 Å². The average molecular weight is 501 g/mol. The van der Waals surface area contributed by atoms with Crippen LogP contribution in [0.5, 0.6) is 0 Å². The fourth-order valence-electron chi connectivity index (χ4n) is 4.96. The Balaban J connectivity index is 0.00000316. The first-order valence-electron chi connectivity index (χ1n) is 15.1. The topological polar surface area (TPSA) is 58.2 Å². The predicted octanol–water partition coefficient (Wildman–Crippen LogP) is 8.09. The van der Waals surface area contributed by atoms with Gasteiger partial charge >= 0.3 is 0 Å². The molecule has 2 unspecified atom stereocenters. The van der Waals surface area contributed by atoms with E-state index in [0.29, 0.717) is 30.7 Å². The number of carbonyl (C=O) groups is 2. The predicted molar refractivity (Wildman–Crippen MR) is 154 cm³/mol. The van der Waals surface area contributed by atoms with Crippen LogP contribution < -0.4 is 10.6 Å². The first kappa shape index (κ1) is 32.2. The summed E-state index contributed by atoms with van der Waals surface area (Å²) in [4.78, 5) is 23.4. The van der Waals surface area contributed by atoms with Crippen LogP contribution in [0.3, 0.4) is 0 Å². The van der Waals surface area contributed by atoms with Crippen LogP contribution in [0.4, 0.5) is 0 Å². The normalized spacial score (nSPS) is 17.0. The van der Waals surface area contributed by atoms with Gasteiger partial charge in [0, 0.05) is 25.4 Å². The van der Waals surface area contributed by atoms with Gasteiger partial charge in [0.15, 0.2) is 0 Å². The number of amides is 2. The molecule has 2 atom stereocenters. The molecule has 1 aliphatic heterocycles. The van der Waals surface area contributed by atoms with Crippen molar-refractivity contribution in [3.05, 3.63) is 35.4 Å². The second-order valence-electron chi connectivity index (χ2n) is 10.8. The van der Waals surface area contributed by atoms with Crippen molar-refractivity contribution in [2.24, 2.45) is 5.92 Å². The summed E-state index contributed by atoms with van der Waals surface area (Å²) in [5.41, 5.74) is 2.94. The second kappa shape index (κ2) is 20.2. The molecule has 1 fully saturated rings. The second-order valence-corrected chi connectivity index (χ2v) is 10.8. The molecule has 0 saturated carbocycles. The molecular weight excluding hydrogens is 444 g/mol. The Morgan fingerprint density at radius 3 is 2.22 bits per heavy atom. The van der Waals surface area contributed by atoms with Gasteiger partial charge in [-0.2, -0.15) is 0 Å². The number of benzene rings is 1. The lowest BCUT2D eigenvalue weighted by molar-refractivity contribution is -0.121. The van der Waals surface area contributed by atoms with E-state index < -0.39 is 0 Å². The summed E-state index contributed by atoms with van der Waals surface area (Å²) in [6.45, 7) is 11.5. The van der Waals surface area contributed by atoms with Gasteiger partial charge in [0.1, 0.15) is 0 Å². The van der Waals surface area contributed by atoms with Crippen molar-refractivity contribution in [3.8, 4) is 0 Å². The minimum Gasteiger partial charge on any atom is -0.356 e. The van der Waals surface area contributed by atoms with E-state index in [0.717, 1.165) is 38.6 Å². The van der Waals surface area contributed by atoms with Crippen molar-refractivity contribution in [2.75, 3.05) is 6.54 Å². The van der Waals surface area contributed by atoms with E-state index in [-0.39, 0.29) is 11.8 Å². The molecule has 4 nitrogen and oxygen atoms in total. The highest BCUT2D eigenvalue weighted by molar-refractivity contribution is 5.78. The SMILES string of the molecule is CC.CC(C)c1cccc(CCCCCCCCCCNC(=O)CCCCCC2NC(=O)CC2C)c1. The maximum Gasteiger partial charge on any atom is 0.220 e. The Morgan fingerprint density at radius 1 is 0.944 bits per heavy atom. The first-order valence-corrected chi connectivity index (χ1v) is 15.1. The first-order chi connectivity index (χ1) is 17.5. The third-order valence-electron chi connectivity index (χ3n) is 7.29. The molecule has 2 N–H and O–H groups in total. The molecule has 0 aromatic heterocycles. The summed E-state index contributed by atoms with van der Waals surface area (Å²) in [6, 6.07) is 9.43. The lowest BCUT2D eigenvalue weighted by Gasteiger charge is -2.14. The smallest absolute Gasteiger partial charge is 0.220 e. The molecular formula is C32H56N2O2. The van der Waals surface area contributed by atoms with Gasteiger partial charge in [0.25, 0.3) is 0 Å². The summed E-state index contributed by atoms with van der Waals surface area (Å²) >= 11 is 0. The molecule has 0 aliphatic carbocycles. The summed E-state index contributed by atoms with van der Waals surface area (Å²) in [6.07, 6.45) is 16.9. The number of nitrogens with one attached hydrogen (secondary N) is 2. The van der Waals surface area contributed by atoms with Crippen molar-refractivity contribution in [1.82, 2.24) is 10.6 Å². The molecule has 0 spiro atoms. The largest absolute Gasteiger partial charge is 0.356 e. The van der Waals surface area contributed by atoms with E-state index in [1.807, 2.05) is 13.8 Å². The number of hydrogen-bond donors (Lipinski definition) is 2. The highest BCUT2D eigenvalue weighted by Crippen LogP contribution is 2.21. The van der Waals surface area contributed by atoms with Gasteiger partial charge in [-0.05, 0) is 55.1 Å². The molecule has 1 aliphatic rings. The highest BCUT2D eigenvalue weighted by Gasteiger charge is 2.27. The minimum absolute atomic E-state index is 0.191. The van der Waals surface area contributed by atoms with Crippen LogP contribution in [0.2, 0.25) is 0 Å². The zero-order valence-electron chi connectivity index (χ0n) is 24.2. The maximum absolute atomic E-state index is 12.0. The molecule has 36 heavy (non-hydrogen) atoms. The van der Waals surface area contributed by atoms with Crippen LogP contribution in [0.25, 0.3) is 0 Å². The Morgan fingerprint density at radius 2 is 1.58 bits per heavy atom. The van der Waals surface area contributed by atoms with Gasteiger partial charge < -0.3 is 10.6 Å². The van der Waals surface area contributed by atoms with Crippen LogP contribution >= 0.6 is 0 Å². The van der Waals surface area contributed by atoms with Crippen molar-refractivity contribution in [3.63, 3.8) is 0 Å². The van der Waals surface area contributed by atoms with Crippen LogP contribution in [-0.4, -0.2) is 24.4 Å². The third-order valence-corrected chi connectivity index (χ3v) is 7.29. The van der Waals surface area contributed by atoms with Crippen LogP contribution in [0.1, 0.15) is 142 Å². The van der Waals surface area contributed by atoms with E-state index >= 15 is 0 Å². The van der Waals surface area contributed by atoms with E-state index in [1.165, 1.54) is 62.5 Å². The standard InChI is InChI=1S/C30H50N2O2.C2H6/c1-24(2)27-18-15-17-26(23-27)16-11-8-6-4-5-7-9-14-21-31-29(33)20-13-10-12-19-28-25(3)22-30(34)32-28;1-2/h15,17-18,23-25,28H,4-14,16,19-22H2,1-3H3,(H,31,33)(H,32,34);1-2H3. The van der Waals surface area contributed by atoms with Gasteiger partial charge in [0.05, 0.1) is 0 Å². The lowest BCUT2D eigenvalue weighted by atomic mass is 9.97. The monoisotopic (exact) mass is 500 g/mol. The van der Waals surface area contributed by atoms with Gasteiger partial charge in [-0.1, -0.05) is 110 Å². The van der Waals surface area contributed by atoms with Crippen molar-refractivity contribution in [2.45, 2.75) is 143 Å². The van der Waals surface area contributed by atoms with Gasteiger partial charge in [-0.25, -0.2) is 0 Å². The Labute approximate surface area is 222 Å². The average Bonchev–Trinajstić information content (AvgIpc) is 3.20. The van der Waals surface area contributed by atoms with E-state index in [2.05, 4.69) is 55.7 Å². The summed E-state index contributed by atoms with van der Waals surface area (Å²) in [5, 5.41) is 6.13. The molecule has 1 aromatic carbocycles. The van der Waals surface area contributed by atoms with E-state index in [1.54, 1.807) is 0 Å². The fraction of sp³-hybridized carbons (Fsp3) is 0.750. The molecule has 1 aromatic rings. The third kappa shape index (κ3) is 14.7. The summed E-state index contributed by atoms with van der Waals surface area (Å²) in [7, 11) is 0. The zero-order valence-corrected chi connectivity index (χ0v) is 24.2. The number of rotatable bonds is 18. The Bertz CT molecular complexity index is 716. The Hall–Kier alpha value is -1.84. The number of carbonyl (C=O) groups excluding carboxylic acids is 2. The van der Waals surface area contributed by atoms with Crippen molar-refractivity contribution in [1.29, 1.82) is 0 Å².